The molecule has 0 amide bonds. The molecule has 0 saturated carbocycles. The number of rotatable bonds is 9. The van der Waals surface area contributed by atoms with Gasteiger partial charge in [0, 0.05) is 19.6 Å². The smallest absolute Gasteiger partial charge is 0.213 e. The highest BCUT2D eigenvalue weighted by atomic mass is 32.2. The standard InChI is InChI=1S/C19H26N4O2S/c1-2-20-19(22-15-17-9-5-3-6-10-17)21-13-14-26(24,25)23-16-18-11-7-4-8-12-18/h3-12,23H,2,13-16H2,1H3,(H2,20,21,22). The minimum atomic E-state index is -3.35. The maximum absolute atomic E-state index is 12.1. The summed E-state index contributed by atoms with van der Waals surface area (Å²) >= 11 is 0. The molecule has 0 aliphatic heterocycles. The summed E-state index contributed by atoms with van der Waals surface area (Å²) in [5.74, 6) is 0.588. The molecule has 26 heavy (non-hydrogen) atoms. The van der Waals surface area contributed by atoms with Crippen LogP contribution in [0.1, 0.15) is 18.1 Å². The quantitative estimate of drug-likeness (QED) is 0.462. The second-order valence-electron chi connectivity index (χ2n) is 5.73. The molecule has 0 heterocycles. The first-order chi connectivity index (χ1) is 12.6. The monoisotopic (exact) mass is 374 g/mol. The van der Waals surface area contributed by atoms with Gasteiger partial charge >= 0.3 is 0 Å². The summed E-state index contributed by atoms with van der Waals surface area (Å²) in [6.07, 6.45) is 0. The molecule has 0 aliphatic rings. The van der Waals surface area contributed by atoms with Gasteiger partial charge in [-0.1, -0.05) is 60.7 Å². The van der Waals surface area contributed by atoms with Gasteiger partial charge in [-0.05, 0) is 18.1 Å². The zero-order valence-corrected chi connectivity index (χ0v) is 15.8. The molecule has 0 radical (unpaired) electrons. The molecule has 0 saturated heterocycles. The summed E-state index contributed by atoms with van der Waals surface area (Å²) in [4.78, 5) is 4.48. The van der Waals surface area contributed by atoms with E-state index in [1.54, 1.807) is 0 Å². The van der Waals surface area contributed by atoms with Crippen molar-refractivity contribution in [2.75, 3.05) is 18.8 Å². The van der Waals surface area contributed by atoms with E-state index >= 15 is 0 Å². The van der Waals surface area contributed by atoms with Crippen molar-refractivity contribution in [2.24, 2.45) is 4.99 Å². The van der Waals surface area contributed by atoms with Gasteiger partial charge in [0.15, 0.2) is 5.96 Å². The molecule has 0 bridgehead atoms. The topological polar surface area (TPSA) is 82.6 Å². The molecular weight excluding hydrogens is 348 g/mol. The number of nitrogens with zero attached hydrogens (tertiary/aromatic N) is 1. The van der Waals surface area contributed by atoms with Crippen molar-refractivity contribution in [1.29, 1.82) is 0 Å². The number of hydrogen-bond donors (Lipinski definition) is 3. The van der Waals surface area contributed by atoms with Gasteiger partial charge in [0.05, 0.1) is 12.3 Å². The second-order valence-corrected chi connectivity index (χ2v) is 7.66. The van der Waals surface area contributed by atoms with Crippen LogP contribution < -0.4 is 15.4 Å². The molecule has 0 spiro atoms. The largest absolute Gasteiger partial charge is 0.357 e. The van der Waals surface area contributed by atoms with Gasteiger partial charge in [-0.15, -0.1) is 0 Å². The molecule has 2 aromatic carbocycles. The molecule has 140 valence electrons. The van der Waals surface area contributed by atoms with E-state index in [0.717, 1.165) is 11.1 Å². The molecule has 7 heteroatoms. The Kier molecular flexibility index (Phi) is 8.11. The van der Waals surface area contributed by atoms with Crippen molar-refractivity contribution in [3.05, 3.63) is 71.8 Å². The van der Waals surface area contributed by atoms with Crippen LogP contribution in [0.25, 0.3) is 0 Å². The van der Waals surface area contributed by atoms with Gasteiger partial charge in [-0.25, -0.2) is 18.1 Å². The fourth-order valence-electron chi connectivity index (χ4n) is 2.26. The lowest BCUT2D eigenvalue weighted by atomic mass is 10.2. The molecule has 3 N–H and O–H groups in total. The van der Waals surface area contributed by atoms with Crippen LogP contribution in [0.4, 0.5) is 0 Å². The van der Waals surface area contributed by atoms with Gasteiger partial charge in [0.25, 0.3) is 0 Å². The first kappa shape index (κ1) is 19.9. The Morgan fingerprint density at radius 3 is 2.15 bits per heavy atom. The predicted molar refractivity (Wildman–Crippen MR) is 106 cm³/mol. The van der Waals surface area contributed by atoms with Crippen LogP contribution in [0.5, 0.6) is 0 Å². The minimum absolute atomic E-state index is 0.0183. The average Bonchev–Trinajstić information content (AvgIpc) is 2.66. The van der Waals surface area contributed by atoms with Crippen LogP contribution in [-0.2, 0) is 23.1 Å². The molecule has 2 rings (SSSR count). The molecule has 0 fully saturated rings. The van der Waals surface area contributed by atoms with E-state index in [1.807, 2.05) is 67.6 Å². The fraction of sp³-hybridized carbons (Fsp3) is 0.316. The summed E-state index contributed by atoms with van der Waals surface area (Å²) < 4.78 is 26.8. The molecular formula is C19H26N4O2S. The number of sulfonamides is 1. The van der Waals surface area contributed by atoms with E-state index in [0.29, 0.717) is 25.6 Å². The van der Waals surface area contributed by atoms with Gasteiger partial charge in [-0.2, -0.15) is 0 Å². The number of aliphatic imine (C=N–C) groups is 1. The number of hydrogen-bond acceptors (Lipinski definition) is 3. The van der Waals surface area contributed by atoms with Crippen LogP contribution in [0.15, 0.2) is 65.7 Å². The average molecular weight is 375 g/mol. The van der Waals surface area contributed by atoms with Gasteiger partial charge in [0.2, 0.25) is 10.0 Å². The first-order valence-corrected chi connectivity index (χ1v) is 10.3. The highest BCUT2D eigenvalue weighted by molar-refractivity contribution is 7.89. The van der Waals surface area contributed by atoms with Crippen LogP contribution >= 0.6 is 0 Å². The molecule has 0 atom stereocenters. The Morgan fingerprint density at radius 2 is 1.54 bits per heavy atom. The molecule has 6 nitrogen and oxygen atoms in total. The van der Waals surface area contributed by atoms with E-state index in [4.69, 9.17) is 0 Å². The van der Waals surface area contributed by atoms with E-state index in [-0.39, 0.29) is 12.3 Å². The third-order valence-corrected chi connectivity index (χ3v) is 4.93. The van der Waals surface area contributed by atoms with Crippen LogP contribution in [0.3, 0.4) is 0 Å². The first-order valence-electron chi connectivity index (χ1n) is 8.66. The SMILES string of the molecule is CCNC(=NCc1ccccc1)NCCS(=O)(=O)NCc1ccccc1. The van der Waals surface area contributed by atoms with Crippen molar-refractivity contribution in [3.8, 4) is 0 Å². The fourth-order valence-corrected chi connectivity index (χ4v) is 3.16. The van der Waals surface area contributed by atoms with E-state index < -0.39 is 10.0 Å². The van der Waals surface area contributed by atoms with Crippen LogP contribution in [0, 0.1) is 0 Å². The maximum Gasteiger partial charge on any atom is 0.213 e. The summed E-state index contributed by atoms with van der Waals surface area (Å²) in [6.45, 7) is 3.79. The zero-order chi connectivity index (χ0) is 18.7. The number of benzene rings is 2. The lowest BCUT2D eigenvalue weighted by Gasteiger charge is -2.12. The van der Waals surface area contributed by atoms with Crippen molar-refractivity contribution < 1.29 is 8.42 Å². The Balaban J connectivity index is 1.80. The summed E-state index contributed by atoms with van der Waals surface area (Å²) in [7, 11) is -3.35. The number of guanidine groups is 1. The van der Waals surface area contributed by atoms with Crippen LogP contribution in [-0.4, -0.2) is 33.2 Å². The van der Waals surface area contributed by atoms with Gasteiger partial charge in [0.1, 0.15) is 0 Å². The highest BCUT2D eigenvalue weighted by Crippen LogP contribution is 2.00. The molecule has 0 aromatic heterocycles. The Morgan fingerprint density at radius 1 is 0.923 bits per heavy atom. The summed E-state index contributed by atoms with van der Waals surface area (Å²) in [5, 5.41) is 6.19. The van der Waals surface area contributed by atoms with Crippen molar-refractivity contribution in [2.45, 2.75) is 20.0 Å². The summed E-state index contributed by atoms with van der Waals surface area (Å²) in [6, 6.07) is 19.4. The maximum atomic E-state index is 12.1. The Hall–Kier alpha value is -2.38. The molecule has 2 aromatic rings. The van der Waals surface area contributed by atoms with E-state index in [9.17, 15) is 8.42 Å². The van der Waals surface area contributed by atoms with Crippen molar-refractivity contribution >= 4 is 16.0 Å². The predicted octanol–water partition coefficient (Wildman–Crippen LogP) is 1.86. The third kappa shape index (κ3) is 7.67. The van der Waals surface area contributed by atoms with E-state index in [1.165, 1.54) is 0 Å². The zero-order valence-electron chi connectivity index (χ0n) is 15.0. The van der Waals surface area contributed by atoms with Gasteiger partial charge in [-0.3, -0.25) is 0 Å². The molecule has 0 aliphatic carbocycles. The van der Waals surface area contributed by atoms with Crippen molar-refractivity contribution in [1.82, 2.24) is 15.4 Å². The minimum Gasteiger partial charge on any atom is -0.357 e. The lowest BCUT2D eigenvalue weighted by molar-refractivity contribution is 0.580. The Bertz CT molecular complexity index is 778. The van der Waals surface area contributed by atoms with Crippen molar-refractivity contribution in [3.63, 3.8) is 0 Å². The van der Waals surface area contributed by atoms with E-state index in [2.05, 4.69) is 20.3 Å². The Labute approximate surface area is 155 Å². The molecule has 0 unspecified atom stereocenters. The number of nitrogens with one attached hydrogen (secondary N) is 3. The van der Waals surface area contributed by atoms with Gasteiger partial charge < -0.3 is 10.6 Å². The third-order valence-electron chi connectivity index (χ3n) is 3.61. The summed E-state index contributed by atoms with van der Waals surface area (Å²) in [5.41, 5.74) is 2.03. The highest BCUT2D eigenvalue weighted by Gasteiger charge is 2.10. The lowest BCUT2D eigenvalue weighted by Crippen LogP contribution is -2.41. The second kappa shape index (κ2) is 10.6. The van der Waals surface area contributed by atoms with Crippen LogP contribution in [0.2, 0.25) is 0 Å². The normalized spacial score (nSPS) is 12.0.